The summed E-state index contributed by atoms with van der Waals surface area (Å²) >= 11 is 0. The van der Waals surface area contributed by atoms with Crippen LogP contribution in [0.25, 0.3) is 0 Å². The van der Waals surface area contributed by atoms with Crippen molar-refractivity contribution in [1.82, 2.24) is 0 Å². The maximum absolute atomic E-state index is 10.0. The molecule has 104 valence electrons. The van der Waals surface area contributed by atoms with Crippen molar-refractivity contribution < 1.29 is 5.11 Å². The molecule has 0 aliphatic carbocycles. The summed E-state index contributed by atoms with van der Waals surface area (Å²) in [5, 5.41) is 10.0. The van der Waals surface area contributed by atoms with Crippen LogP contribution in [0.1, 0.15) is 56.4 Å². The normalized spacial score (nSPS) is 12.8. The van der Waals surface area contributed by atoms with Crippen LogP contribution in [0, 0.1) is 25.7 Å². The highest BCUT2D eigenvalue weighted by molar-refractivity contribution is 5.40. The van der Waals surface area contributed by atoms with Gasteiger partial charge in [0, 0.05) is 6.42 Å². The minimum absolute atomic E-state index is 0.167. The van der Waals surface area contributed by atoms with Gasteiger partial charge in [-0.25, -0.2) is 0 Å². The lowest BCUT2D eigenvalue weighted by atomic mass is 9.83. The third-order valence-corrected chi connectivity index (χ3v) is 3.52. The third kappa shape index (κ3) is 4.40. The van der Waals surface area contributed by atoms with Gasteiger partial charge in [0.05, 0.1) is 6.10 Å². The number of hydrogen-bond donors (Lipinski definition) is 1. The van der Waals surface area contributed by atoms with E-state index in [1.165, 1.54) is 22.3 Å². The fourth-order valence-electron chi connectivity index (χ4n) is 2.28. The smallest absolute Gasteiger partial charge is 0.0689 e. The largest absolute Gasteiger partial charge is 0.392 e. The van der Waals surface area contributed by atoms with Gasteiger partial charge < -0.3 is 5.11 Å². The Morgan fingerprint density at radius 3 is 2.11 bits per heavy atom. The van der Waals surface area contributed by atoms with Crippen LogP contribution in [0.3, 0.4) is 0 Å². The van der Waals surface area contributed by atoms with Crippen molar-refractivity contribution in [2.75, 3.05) is 0 Å². The number of aryl methyl sites for hydroxylation is 2. The molecule has 1 aromatic carbocycles. The topological polar surface area (TPSA) is 20.2 Å². The molecule has 0 fully saturated rings. The second-order valence-corrected chi connectivity index (χ2v) is 6.33. The SMILES string of the molecule is CC#CCC(O)Cc1c(C)cc(C(C)(C)C)cc1C. The van der Waals surface area contributed by atoms with E-state index in [1.54, 1.807) is 6.92 Å². The number of aliphatic hydroxyl groups excluding tert-OH is 1. The Morgan fingerprint density at radius 1 is 1.16 bits per heavy atom. The minimum Gasteiger partial charge on any atom is -0.392 e. The molecule has 1 N–H and O–H groups in total. The maximum Gasteiger partial charge on any atom is 0.0689 e. The molecule has 0 aliphatic heterocycles. The molecule has 0 radical (unpaired) electrons. The first-order valence-electron chi connectivity index (χ1n) is 6.94. The van der Waals surface area contributed by atoms with Crippen molar-refractivity contribution >= 4 is 0 Å². The molecule has 0 saturated carbocycles. The molecule has 1 heteroatoms. The van der Waals surface area contributed by atoms with Crippen molar-refractivity contribution in [1.29, 1.82) is 0 Å². The van der Waals surface area contributed by atoms with E-state index in [0.29, 0.717) is 12.8 Å². The first-order chi connectivity index (χ1) is 8.75. The molecule has 1 rings (SSSR count). The van der Waals surface area contributed by atoms with E-state index in [4.69, 9.17) is 0 Å². The van der Waals surface area contributed by atoms with E-state index >= 15 is 0 Å². The fraction of sp³-hybridized carbons (Fsp3) is 0.556. The van der Waals surface area contributed by atoms with Gasteiger partial charge in [-0.3, -0.25) is 0 Å². The predicted molar refractivity (Wildman–Crippen MR) is 82.4 cm³/mol. The lowest BCUT2D eigenvalue weighted by Crippen LogP contribution is -2.15. The molecule has 1 nitrogen and oxygen atoms in total. The van der Waals surface area contributed by atoms with Crippen LogP contribution in [0.15, 0.2) is 12.1 Å². The first-order valence-corrected chi connectivity index (χ1v) is 6.94. The Hall–Kier alpha value is -1.26. The fourth-order valence-corrected chi connectivity index (χ4v) is 2.28. The zero-order chi connectivity index (χ0) is 14.6. The Labute approximate surface area is 118 Å². The van der Waals surface area contributed by atoms with Crippen LogP contribution in [0.2, 0.25) is 0 Å². The summed E-state index contributed by atoms with van der Waals surface area (Å²) in [6.45, 7) is 12.8. The summed E-state index contributed by atoms with van der Waals surface area (Å²) in [5.74, 6) is 5.78. The van der Waals surface area contributed by atoms with Crippen molar-refractivity contribution in [3.63, 3.8) is 0 Å². The molecular weight excluding hydrogens is 232 g/mol. The molecule has 1 atom stereocenters. The molecule has 1 aromatic rings. The Kier molecular flexibility index (Phi) is 5.20. The first kappa shape index (κ1) is 15.8. The summed E-state index contributed by atoms with van der Waals surface area (Å²) in [6, 6.07) is 4.50. The number of rotatable bonds is 3. The van der Waals surface area contributed by atoms with E-state index < -0.39 is 0 Å². The van der Waals surface area contributed by atoms with Crippen molar-refractivity contribution in [3.05, 3.63) is 34.4 Å². The van der Waals surface area contributed by atoms with Gasteiger partial charge in [0.25, 0.3) is 0 Å². The summed E-state index contributed by atoms with van der Waals surface area (Å²) in [5.41, 5.74) is 5.33. The molecule has 0 amide bonds. The molecule has 1 unspecified atom stereocenters. The quantitative estimate of drug-likeness (QED) is 0.815. The molecule has 19 heavy (non-hydrogen) atoms. The van der Waals surface area contributed by atoms with Gasteiger partial charge in [0.1, 0.15) is 0 Å². The van der Waals surface area contributed by atoms with Crippen molar-refractivity contribution in [2.45, 2.75) is 65.9 Å². The number of benzene rings is 1. The Morgan fingerprint density at radius 2 is 1.68 bits per heavy atom. The minimum atomic E-state index is -0.370. The van der Waals surface area contributed by atoms with Crippen LogP contribution in [-0.2, 0) is 11.8 Å². The van der Waals surface area contributed by atoms with Gasteiger partial charge in [-0.2, -0.15) is 0 Å². The van der Waals surface area contributed by atoms with E-state index in [-0.39, 0.29) is 11.5 Å². The molecule has 0 spiro atoms. The summed E-state index contributed by atoms with van der Waals surface area (Å²) < 4.78 is 0. The average Bonchev–Trinajstić information content (AvgIpc) is 2.29. The maximum atomic E-state index is 10.0. The molecule has 0 aromatic heterocycles. The Balaban J connectivity index is 3.00. The molecule has 0 aliphatic rings. The van der Waals surface area contributed by atoms with Crippen LogP contribution < -0.4 is 0 Å². The van der Waals surface area contributed by atoms with Crippen LogP contribution >= 0.6 is 0 Å². The molecule has 0 saturated heterocycles. The van der Waals surface area contributed by atoms with Crippen LogP contribution in [-0.4, -0.2) is 11.2 Å². The third-order valence-electron chi connectivity index (χ3n) is 3.52. The lowest BCUT2D eigenvalue weighted by molar-refractivity contribution is 0.180. The monoisotopic (exact) mass is 258 g/mol. The van der Waals surface area contributed by atoms with Crippen LogP contribution in [0.5, 0.6) is 0 Å². The highest BCUT2D eigenvalue weighted by Crippen LogP contribution is 2.27. The zero-order valence-corrected chi connectivity index (χ0v) is 13.1. The second kappa shape index (κ2) is 6.26. The highest BCUT2D eigenvalue weighted by Gasteiger charge is 2.17. The van der Waals surface area contributed by atoms with Gasteiger partial charge in [0.2, 0.25) is 0 Å². The van der Waals surface area contributed by atoms with Gasteiger partial charge >= 0.3 is 0 Å². The number of hydrogen-bond acceptors (Lipinski definition) is 1. The second-order valence-electron chi connectivity index (χ2n) is 6.33. The zero-order valence-electron chi connectivity index (χ0n) is 13.1. The van der Waals surface area contributed by atoms with Gasteiger partial charge in [-0.1, -0.05) is 32.9 Å². The summed E-state index contributed by atoms with van der Waals surface area (Å²) in [7, 11) is 0. The van der Waals surface area contributed by atoms with E-state index in [1.807, 2.05) is 0 Å². The van der Waals surface area contributed by atoms with E-state index in [0.717, 1.165) is 0 Å². The molecule has 0 bridgehead atoms. The van der Waals surface area contributed by atoms with E-state index in [2.05, 4.69) is 58.6 Å². The Bertz CT molecular complexity index is 472. The van der Waals surface area contributed by atoms with Crippen molar-refractivity contribution in [2.24, 2.45) is 0 Å². The van der Waals surface area contributed by atoms with Crippen molar-refractivity contribution in [3.8, 4) is 11.8 Å². The average molecular weight is 258 g/mol. The van der Waals surface area contributed by atoms with Gasteiger partial charge in [-0.15, -0.1) is 11.8 Å². The van der Waals surface area contributed by atoms with E-state index in [9.17, 15) is 5.11 Å². The highest BCUT2D eigenvalue weighted by atomic mass is 16.3. The summed E-state index contributed by atoms with van der Waals surface area (Å²) in [4.78, 5) is 0. The standard InChI is InChI=1S/C18H26O/c1-7-8-9-16(19)12-17-13(2)10-15(11-14(17)3)18(4,5)6/h10-11,16,19H,9,12H2,1-6H3. The molecule has 0 heterocycles. The lowest BCUT2D eigenvalue weighted by Gasteiger charge is -2.23. The van der Waals surface area contributed by atoms with Gasteiger partial charge in [0.15, 0.2) is 0 Å². The van der Waals surface area contributed by atoms with Crippen LogP contribution in [0.4, 0.5) is 0 Å². The molecular formula is C18H26O. The predicted octanol–water partition coefficient (Wildman–Crippen LogP) is 3.92. The summed E-state index contributed by atoms with van der Waals surface area (Å²) in [6.07, 6.45) is 0.873. The number of aliphatic hydroxyl groups is 1. The van der Waals surface area contributed by atoms with Gasteiger partial charge in [-0.05, 0) is 54.9 Å².